The van der Waals surface area contributed by atoms with Crippen LogP contribution in [0, 0.1) is 11.3 Å². The second kappa shape index (κ2) is 4.81. The van der Waals surface area contributed by atoms with Crippen LogP contribution in [0.1, 0.15) is 48.5 Å². The lowest BCUT2D eigenvalue weighted by atomic mass is 10.1. The third-order valence-corrected chi connectivity index (χ3v) is 4.02. The Bertz CT molecular complexity index is 701. The smallest absolute Gasteiger partial charge is 0.231 e. The molecule has 1 aliphatic carbocycles. The monoisotopic (exact) mass is 282 g/mol. The Labute approximate surface area is 121 Å². The summed E-state index contributed by atoms with van der Waals surface area (Å²) < 4.78 is 5.40. The number of nitrogens with zero attached hydrogens (tertiary/aromatic N) is 6. The molecule has 21 heavy (non-hydrogen) atoms. The maximum Gasteiger partial charge on any atom is 0.231 e. The molecule has 3 heterocycles. The summed E-state index contributed by atoms with van der Waals surface area (Å²) in [5.41, 5.74) is 0.363. The average Bonchev–Trinajstić information content (AvgIpc) is 3.07. The van der Waals surface area contributed by atoms with E-state index in [9.17, 15) is 0 Å². The molecule has 0 amide bonds. The Morgan fingerprint density at radius 1 is 1.19 bits per heavy atom. The zero-order valence-corrected chi connectivity index (χ0v) is 11.4. The Kier molecular flexibility index (Phi) is 2.81. The normalized spacial score (nSPS) is 21.5. The van der Waals surface area contributed by atoms with Gasteiger partial charge in [0.1, 0.15) is 6.07 Å². The number of hydrogen-bond acceptors (Lipinski definition) is 7. The molecule has 2 aromatic heterocycles. The minimum absolute atomic E-state index is 0.207. The Hall–Kier alpha value is -2.49. The van der Waals surface area contributed by atoms with Gasteiger partial charge in [-0.05, 0) is 19.3 Å². The van der Waals surface area contributed by atoms with Crippen molar-refractivity contribution in [1.29, 1.82) is 5.26 Å². The van der Waals surface area contributed by atoms with Crippen molar-refractivity contribution >= 4 is 5.82 Å². The number of rotatable bonds is 3. The van der Waals surface area contributed by atoms with Gasteiger partial charge in [0, 0.05) is 31.4 Å². The molecule has 106 valence electrons. The van der Waals surface area contributed by atoms with Crippen LogP contribution in [0.4, 0.5) is 5.82 Å². The summed E-state index contributed by atoms with van der Waals surface area (Å²) in [5, 5.41) is 13.2. The first kappa shape index (κ1) is 12.3. The van der Waals surface area contributed by atoms with Crippen LogP contribution in [0.25, 0.3) is 0 Å². The van der Waals surface area contributed by atoms with E-state index in [0.29, 0.717) is 23.3 Å². The molecular formula is C14H14N6O. The third-order valence-electron chi connectivity index (χ3n) is 4.02. The fourth-order valence-corrected chi connectivity index (χ4v) is 2.72. The van der Waals surface area contributed by atoms with Gasteiger partial charge in [-0.1, -0.05) is 5.16 Å². The first-order chi connectivity index (χ1) is 10.3. The number of aromatic nitrogens is 4. The zero-order valence-electron chi connectivity index (χ0n) is 11.4. The van der Waals surface area contributed by atoms with Gasteiger partial charge >= 0.3 is 0 Å². The number of hydrogen-bond donors (Lipinski definition) is 0. The Morgan fingerprint density at radius 3 is 2.86 bits per heavy atom. The molecule has 2 fully saturated rings. The maximum absolute atomic E-state index is 9.11. The summed E-state index contributed by atoms with van der Waals surface area (Å²) in [7, 11) is 0. The summed E-state index contributed by atoms with van der Waals surface area (Å²) in [6.07, 6.45) is 6.41. The Morgan fingerprint density at radius 2 is 2.05 bits per heavy atom. The summed E-state index contributed by atoms with van der Waals surface area (Å²) >= 11 is 0. The average molecular weight is 282 g/mol. The van der Waals surface area contributed by atoms with Crippen molar-refractivity contribution in [1.82, 2.24) is 20.1 Å². The second-order valence-corrected chi connectivity index (χ2v) is 5.54. The van der Waals surface area contributed by atoms with Crippen molar-refractivity contribution in [2.75, 3.05) is 18.0 Å². The molecule has 7 nitrogen and oxygen atoms in total. The second-order valence-electron chi connectivity index (χ2n) is 5.54. The fourth-order valence-electron chi connectivity index (χ4n) is 2.72. The lowest BCUT2D eigenvalue weighted by molar-refractivity contribution is 0.355. The molecule has 0 radical (unpaired) electrons. The van der Waals surface area contributed by atoms with Crippen molar-refractivity contribution in [2.45, 2.75) is 31.1 Å². The van der Waals surface area contributed by atoms with Gasteiger partial charge in [-0.15, -0.1) is 0 Å². The molecule has 1 atom stereocenters. The van der Waals surface area contributed by atoms with E-state index in [1.807, 2.05) is 0 Å². The molecule has 0 aromatic carbocycles. The van der Waals surface area contributed by atoms with Gasteiger partial charge in [0.2, 0.25) is 5.89 Å². The van der Waals surface area contributed by atoms with Gasteiger partial charge < -0.3 is 9.42 Å². The molecule has 1 saturated carbocycles. The van der Waals surface area contributed by atoms with E-state index in [1.165, 1.54) is 19.0 Å². The van der Waals surface area contributed by atoms with Crippen LogP contribution in [0.2, 0.25) is 0 Å². The third kappa shape index (κ3) is 2.23. The van der Waals surface area contributed by atoms with Crippen molar-refractivity contribution in [3.05, 3.63) is 29.8 Å². The van der Waals surface area contributed by atoms with E-state index in [1.54, 1.807) is 6.20 Å². The first-order valence-corrected chi connectivity index (χ1v) is 7.14. The molecule has 2 aromatic rings. The van der Waals surface area contributed by atoms with Crippen molar-refractivity contribution in [3.8, 4) is 6.07 Å². The fraction of sp³-hybridized carbons (Fsp3) is 0.500. The van der Waals surface area contributed by atoms with E-state index < -0.39 is 0 Å². The largest absolute Gasteiger partial charge is 0.353 e. The summed E-state index contributed by atoms with van der Waals surface area (Å²) in [4.78, 5) is 14.9. The topological polar surface area (TPSA) is 91.7 Å². The van der Waals surface area contributed by atoms with Crippen molar-refractivity contribution in [3.63, 3.8) is 0 Å². The number of nitriles is 1. The predicted octanol–water partition coefficient (Wildman–Crippen LogP) is 1.60. The molecule has 1 aliphatic heterocycles. The van der Waals surface area contributed by atoms with Crippen LogP contribution in [0.3, 0.4) is 0 Å². The van der Waals surface area contributed by atoms with Crippen LogP contribution >= 0.6 is 0 Å². The highest BCUT2D eigenvalue weighted by atomic mass is 16.5. The van der Waals surface area contributed by atoms with E-state index in [-0.39, 0.29) is 5.92 Å². The number of anilines is 1. The van der Waals surface area contributed by atoms with Crippen LogP contribution < -0.4 is 4.90 Å². The molecular weight excluding hydrogens is 268 g/mol. The van der Waals surface area contributed by atoms with E-state index in [4.69, 9.17) is 9.78 Å². The molecule has 0 bridgehead atoms. The summed E-state index contributed by atoms with van der Waals surface area (Å²) in [6.45, 7) is 1.55. The van der Waals surface area contributed by atoms with Gasteiger partial charge in [0.15, 0.2) is 17.3 Å². The van der Waals surface area contributed by atoms with Gasteiger partial charge in [0.05, 0.1) is 5.92 Å². The molecule has 4 rings (SSSR count). The molecule has 1 saturated heterocycles. The summed E-state index contributed by atoms with van der Waals surface area (Å²) in [6, 6.07) is 2.09. The van der Waals surface area contributed by atoms with Gasteiger partial charge in [-0.3, -0.25) is 0 Å². The Balaban J connectivity index is 1.52. The standard InChI is InChI=1S/C14H14N6O/c15-7-11-13(17-5-4-16-11)20-6-3-10(8-20)14-18-12(19-21-14)9-1-2-9/h4-5,9-10H,1-3,6,8H2. The maximum atomic E-state index is 9.11. The molecule has 1 unspecified atom stereocenters. The lowest BCUT2D eigenvalue weighted by Gasteiger charge is -2.16. The molecule has 0 spiro atoms. The van der Waals surface area contributed by atoms with Gasteiger partial charge in [0.25, 0.3) is 0 Å². The van der Waals surface area contributed by atoms with Crippen LogP contribution in [-0.4, -0.2) is 33.2 Å². The van der Waals surface area contributed by atoms with Gasteiger partial charge in [-0.2, -0.15) is 10.2 Å². The van der Waals surface area contributed by atoms with E-state index in [2.05, 4.69) is 31.1 Å². The van der Waals surface area contributed by atoms with Crippen molar-refractivity contribution in [2.24, 2.45) is 0 Å². The highest BCUT2D eigenvalue weighted by Gasteiger charge is 2.33. The minimum Gasteiger partial charge on any atom is -0.353 e. The van der Waals surface area contributed by atoms with Crippen LogP contribution in [0.15, 0.2) is 16.9 Å². The summed E-state index contributed by atoms with van der Waals surface area (Å²) in [5.74, 6) is 2.91. The van der Waals surface area contributed by atoms with E-state index >= 15 is 0 Å². The van der Waals surface area contributed by atoms with Crippen molar-refractivity contribution < 1.29 is 4.52 Å². The predicted molar refractivity (Wildman–Crippen MR) is 72.6 cm³/mol. The van der Waals surface area contributed by atoms with E-state index in [0.717, 1.165) is 25.3 Å². The van der Waals surface area contributed by atoms with Gasteiger partial charge in [-0.25, -0.2) is 9.97 Å². The van der Waals surface area contributed by atoms with Crippen LogP contribution in [0.5, 0.6) is 0 Å². The SMILES string of the molecule is N#Cc1nccnc1N1CCC(c2nc(C3CC3)no2)C1. The first-order valence-electron chi connectivity index (χ1n) is 7.14. The molecule has 2 aliphatic rings. The van der Waals surface area contributed by atoms with Crippen LogP contribution in [-0.2, 0) is 0 Å². The zero-order chi connectivity index (χ0) is 14.2. The molecule has 0 N–H and O–H groups in total. The minimum atomic E-state index is 0.207. The quantitative estimate of drug-likeness (QED) is 0.844. The highest BCUT2D eigenvalue weighted by molar-refractivity contribution is 5.50. The highest BCUT2D eigenvalue weighted by Crippen LogP contribution is 2.39. The lowest BCUT2D eigenvalue weighted by Crippen LogP contribution is -2.22. The molecule has 7 heteroatoms.